The Kier molecular flexibility index (Phi) is 6.95. The predicted molar refractivity (Wildman–Crippen MR) is 276 cm³/mol. The van der Waals surface area contributed by atoms with Gasteiger partial charge in [0.15, 0.2) is 0 Å². The molecule has 3 heteroatoms. The van der Waals surface area contributed by atoms with E-state index < -0.39 is 0 Å². The highest BCUT2D eigenvalue weighted by molar-refractivity contribution is 6.24. The van der Waals surface area contributed by atoms with E-state index in [-0.39, 0.29) is 0 Å². The van der Waals surface area contributed by atoms with Crippen LogP contribution in [0.3, 0.4) is 0 Å². The Labute approximate surface area is 373 Å². The van der Waals surface area contributed by atoms with Crippen LogP contribution in [0.15, 0.2) is 224 Å². The molecule has 0 bridgehead atoms. The maximum absolute atomic E-state index is 2.47. The lowest BCUT2D eigenvalue weighted by Gasteiger charge is -2.14. The van der Waals surface area contributed by atoms with Gasteiger partial charge >= 0.3 is 0 Å². The minimum Gasteiger partial charge on any atom is -0.309 e. The van der Waals surface area contributed by atoms with E-state index in [4.69, 9.17) is 0 Å². The molecular weight excluding hydrogens is 787 g/mol. The molecule has 0 unspecified atom stereocenters. The van der Waals surface area contributed by atoms with Crippen LogP contribution >= 0.6 is 0 Å². The molecule has 4 aromatic heterocycles. The van der Waals surface area contributed by atoms with Gasteiger partial charge in [-0.25, -0.2) is 0 Å². The van der Waals surface area contributed by atoms with E-state index in [9.17, 15) is 0 Å². The van der Waals surface area contributed by atoms with Gasteiger partial charge in [-0.05, 0) is 117 Å². The lowest BCUT2D eigenvalue weighted by atomic mass is 9.99. The summed E-state index contributed by atoms with van der Waals surface area (Å²) in [6.45, 7) is 0. The fraction of sp³-hybridized carbons (Fsp3) is 0. The van der Waals surface area contributed by atoms with Crippen molar-refractivity contribution in [1.29, 1.82) is 0 Å². The zero-order valence-corrected chi connectivity index (χ0v) is 35.2. The summed E-state index contributed by atoms with van der Waals surface area (Å²) >= 11 is 0. The molecule has 65 heavy (non-hydrogen) atoms. The largest absolute Gasteiger partial charge is 0.309 e. The quantitative estimate of drug-likeness (QED) is 0.157. The van der Waals surface area contributed by atoms with Crippen LogP contribution in [0.2, 0.25) is 0 Å². The van der Waals surface area contributed by atoms with Crippen molar-refractivity contribution in [3.8, 4) is 33.6 Å². The molecule has 0 aliphatic carbocycles. The average Bonchev–Trinajstić information content (AvgIpc) is 4.10. The second kappa shape index (κ2) is 12.9. The third kappa shape index (κ3) is 4.79. The summed E-state index contributed by atoms with van der Waals surface area (Å²) in [5.41, 5.74) is 15.8. The van der Waals surface area contributed by atoms with Gasteiger partial charge in [-0.2, -0.15) is 0 Å². The van der Waals surface area contributed by atoms with Gasteiger partial charge < -0.3 is 13.5 Å². The Morgan fingerprint density at radius 3 is 1.25 bits per heavy atom. The number of hydrogen-bond donors (Lipinski definition) is 0. The van der Waals surface area contributed by atoms with E-state index in [2.05, 4.69) is 238 Å². The van der Waals surface area contributed by atoms with Crippen LogP contribution in [-0.4, -0.2) is 13.5 Å². The van der Waals surface area contributed by atoms with Gasteiger partial charge in [-0.15, -0.1) is 0 Å². The van der Waals surface area contributed by atoms with Gasteiger partial charge in [-0.1, -0.05) is 146 Å². The summed E-state index contributed by atoms with van der Waals surface area (Å²) < 4.78 is 7.34. The molecule has 0 aliphatic heterocycles. The fourth-order valence-corrected chi connectivity index (χ4v) is 11.5. The van der Waals surface area contributed by atoms with E-state index in [0.29, 0.717) is 0 Å². The Morgan fingerprint density at radius 2 is 0.646 bits per heavy atom. The van der Waals surface area contributed by atoms with E-state index in [1.54, 1.807) is 0 Å². The van der Waals surface area contributed by atoms with Crippen LogP contribution in [0.25, 0.3) is 137 Å². The van der Waals surface area contributed by atoms with Gasteiger partial charge in [0, 0.05) is 54.2 Å². The van der Waals surface area contributed by atoms with Crippen molar-refractivity contribution in [2.75, 3.05) is 0 Å². The van der Waals surface area contributed by atoms with Gasteiger partial charge in [0.05, 0.1) is 44.3 Å². The van der Waals surface area contributed by atoms with Gasteiger partial charge in [0.25, 0.3) is 0 Å². The number of nitrogens with zero attached hydrogens (tertiary/aromatic N) is 3. The van der Waals surface area contributed by atoms with E-state index in [1.165, 1.54) is 131 Å². The van der Waals surface area contributed by atoms with Crippen molar-refractivity contribution in [2.24, 2.45) is 0 Å². The molecule has 0 aliphatic rings. The standard InChI is InChI=1S/C62H37N3/c1-2-14-44-41(13-1)37-61(46-16-4-3-15-45(44)46)64-56-22-10-6-18-48(56)52-34-40(28-32-60(52)64)39-27-31-59-51(33-39)47-17-5-9-21-55(47)63(59)43-29-25-38(26-30-43)42-35-53-49-19-7-11-23-57(49)65-58-24-12-8-20-50(58)54(36-42)62(53)65/h1-37H. The molecule has 0 radical (unpaired) electrons. The first-order chi connectivity index (χ1) is 32.2. The van der Waals surface area contributed by atoms with Crippen molar-refractivity contribution in [2.45, 2.75) is 0 Å². The summed E-state index contributed by atoms with van der Waals surface area (Å²) in [4.78, 5) is 0. The van der Waals surface area contributed by atoms with Crippen LogP contribution in [0, 0.1) is 0 Å². The van der Waals surface area contributed by atoms with Crippen molar-refractivity contribution >= 4 is 103 Å². The smallest absolute Gasteiger partial charge is 0.0620 e. The average molecular weight is 824 g/mol. The van der Waals surface area contributed by atoms with Gasteiger partial charge in [0.2, 0.25) is 0 Å². The van der Waals surface area contributed by atoms with Crippen molar-refractivity contribution in [3.05, 3.63) is 224 Å². The normalized spacial score (nSPS) is 12.3. The third-order valence-electron chi connectivity index (χ3n) is 14.3. The summed E-state index contributed by atoms with van der Waals surface area (Å²) in [6, 6.07) is 83.2. The first kappa shape index (κ1) is 34.9. The number of hydrogen-bond acceptors (Lipinski definition) is 0. The van der Waals surface area contributed by atoms with Gasteiger partial charge in [-0.3, -0.25) is 0 Å². The lowest BCUT2D eigenvalue weighted by molar-refractivity contribution is 1.18. The first-order valence-electron chi connectivity index (χ1n) is 22.5. The van der Waals surface area contributed by atoms with E-state index in [0.717, 1.165) is 5.69 Å². The summed E-state index contributed by atoms with van der Waals surface area (Å²) in [6.07, 6.45) is 0. The number of rotatable bonds is 4. The van der Waals surface area contributed by atoms with Crippen LogP contribution in [0.1, 0.15) is 0 Å². The molecule has 15 rings (SSSR count). The Bertz CT molecular complexity index is 4380. The molecular formula is C62H37N3. The minimum atomic E-state index is 1.15. The maximum atomic E-state index is 2.47. The number of para-hydroxylation sites is 4. The highest BCUT2D eigenvalue weighted by atomic mass is 15.0. The van der Waals surface area contributed by atoms with Crippen molar-refractivity contribution in [3.63, 3.8) is 0 Å². The monoisotopic (exact) mass is 823 g/mol. The van der Waals surface area contributed by atoms with Crippen LogP contribution in [0.4, 0.5) is 0 Å². The van der Waals surface area contributed by atoms with Crippen LogP contribution in [0.5, 0.6) is 0 Å². The molecule has 4 heterocycles. The number of aromatic nitrogens is 3. The van der Waals surface area contributed by atoms with E-state index >= 15 is 0 Å². The highest BCUT2D eigenvalue weighted by Crippen LogP contribution is 2.43. The molecule has 0 saturated carbocycles. The Hall–Kier alpha value is -8.66. The van der Waals surface area contributed by atoms with Crippen LogP contribution in [-0.2, 0) is 0 Å². The van der Waals surface area contributed by atoms with E-state index in [1.807, 2.05) is 0 Å². The summed E-state index contributed by atoms with van der Waals surface area (Å²) in [5.74, 6) is 0. The molecule has 0 N–H and O–H groups in total. The van der Waals surface area contributed by atoms with Gasteiger partial charge in [0.1, 0.15) is 0 Å². The topological polar surface area (TPSA) is 14.3 Å². The van der Waals surface area contributed by atoms with Crippen molar-refractivity contribution in [1.82, 2.24) is 13.5 Å². The third-order valence-corrected chi connectivity index (χ3v) is 14.3. The second-order valence-electron chi connectivity index (χ2n) is 17.7. The molecule has 0 amide bonds. The zero-order chi connectivity index (χ0) is 42.3. The molecule has 0 spiro atoms. The maximum Gasteiger partial charge on any atom is 0.0620 e. The molecule has 300 valence electrons. The predicted octanol–water partition coefficient (Wildman–Crippen LogP) is 16.7. The fourth-order valence-electron chi connectivity index (χ4n) is 11.5. The molecule has 11 aromatic carbocycles. The minimum absolute atomic E-state index is 1.15. The zero-order valence-electron chi connectivity index (χ0n) is 35.2. The van der Waals surface area contributed by atoms with Crippen molar-refractivity contribution < 1.29 is 0 Å². The highest BCUT2D eigenvalue weighted by Gasteiger charge is 2.20. The SMILES string of the molecule is c1ccc2c(c1)cc(-n1c3ccccc3c3cc(-c4ccc5c(c4)c4ccccc4n5-c4ccc(-c5cc6c7ccccc7n7c8ccccc8c(c5)c67)cc4)ccc31)c1ccccc12. The molecule has 15 aromatic rings. The molecule has 0 saturated heterocycles. The Balaban J connectivity index is 0.859. The van der Waals surface area contributed by atoms with Crippen LogP contribution < -0.4 is 0 Å². The number of fused-ring (bicyclic) bond motifs is 15. The molecule has 0 fully saturated rings. The lowest BCUT2D eigenvalue weighted by Crippen LogP contribution is -1.96. The Morgan fingerprint density at radius 1 is 0.231 bits per heavy atom. The summed E-state index contributed by atoms with van der Waals surface area (Å²) in [5, 5.41) is 15.2. The number of benzene rings is 11. The molecule has 0 atom stereocenters. The first-order valence-corrected chi connectivity index (χ1v) is 22.5. The second-order valence-corrected chi connectivity index (χ2v) is 17.7. The molecule has 3 nitrogen and oxygen atoms in total. The summed E-state index contributed by atoms with van der Waals surface area (Å²) in [7, 11) is 0.